The minimum absolute atomic E-state index is 0.00987. The first-order chi connectivity index (χ1) is 16.6. The molecule has 7 nitrogen and oxygen atoms in total. The van der Waals surface area contributed by atoms with Gasteiger partial charge in [-0.2, -0.15) is 0 Å². The van der Waals surface area contributed by atoms with Crippen LogP contribution in [-0.4, -0.2) is 41.8 Å². The van der Waals surface area contributed by atoms with E-state index in [0.29, 0.717) is 6.42 Å². The van der Waals surface area contributed by atoms with E-state index in [4.69, 9.17) is 4.74 Å². The van der Waals surface area contributed by atoms with Gasteiger partial charge in [-0.3, -0.25) is 4.79 Å². The van der Waals surface area contributed by atoms with Crippen molar-refractivity contribution in [3.8, 4) is 11.1 Å². The van der Waals surface area contributed by atoms with E-state index in [2.05, 4.69) is 34.9 Å². The van der Waals surface area contributed by atoms with E-state index in [1.165, 1.54) is 0 Å². The number of ether oxygens (including phenoxy) is 1. The van der Waals surface area contributed by atoms with E-state index in [0.717, 1.165) is 35.1 Å². The van der Waals surface area contributed by atoms with Crippen LogP contribution in [0.5, 0.6) is 0 Å². The molecule has 7 heteroatoms. The largest absolute Gasteiger partial charge is 0.480 e. The molecule has 0 aliphatic heterocycles. The third-order valence-corrected chi connectivity index (χ3v) is 6.42. The predicted molar refractivity (Wildman–Crippen MR) is 135 cm³/mol. The standard InChI is InChI=1S/C28H36N2O5/c1-5-6-11-18(16-24(31)30-25(26(32)33)28(2,3)4)29-27(34)35-17-23-21-14-9-7-12-19(21)20-13-8-10-15-22(20)23/h7-10,12-15,18,23,25H,5-6,11,16-17H2,1-4H3,(H,29,34)(H,30,31)(H,32,33)/t18?,25-/m1/s1. The number of rotatable bonds is 10. The van der Waals surface area contributed by atoms with Gasteiger partial charge in [0.25, 0.3) is 0 Å². The molecule has 0 saturated heterocycles. The maximum absolute atomic E-state index is 12.7. The number of carboxylic acids is 1. The van der Waals surface area contributed by atoms with Crippen LogP contribution in [0.15, 0.2) is 48.5 Å². The highest BCUT2D eigenvalue weighted by Gasteiger charge is 2.33. The lowest BCUT2D eigenvalue weighted by Gasteiger charge is -2.28. The van der Waals surface area contributed by atoms with E-state index in [-0.39, 0.29) is 18.9 Å². The maximum atomic E-state index is 12.7. The van der Waals surface area contributed by atoms with E-state index in [1.807, 2.05) is 31.2 Å². The van der Waals surface area contributed by atoms with Gasteiger partial charge in [0.05, 0.1) is 0 Å². The lowest BCUT2D eigenvalue weighted by molar-refractivity contribution is -0.145. The van der Waals surface area contributed by atoms with Crippen molar-refractivity contribution in [1.29, 1.82) is 0 Å². The highest BCUT2D eigenvalue weighted by atomic mass is 16.5. The molecule has 35 heavy (non-hydrogen) atoms. The first kappa shape index (κ1) is 26.3. The summed E-state index contributed by atoms with van der Waals surface area (Å²) in [6.45, 7) is 7.50. The topological polar surface area (TPSA) is 105 Å². The highest BCUT2D eigenvalue weighted by molar-refractivity contribution is 5.85. The Morgan fingerprint density at radius 1 is 0.971 bits per heavy atom. The van der Waals surface area contributed by atoms with Gasteiger partial charge in [0.1, 0.15) is 12.6 Å². The number of fused-ring (bicyclic) bond motifs is 3. The van der Waals surface area contributed by atoms with E-state index < -0.39 is 35.5 Å². The van der Waals surface area contributed by atoms with Crippen LogP contribution in [0.25, 0.3) is 11.1 Å². The number of carboxylic acid groups (broad SMARTS) is 1. The molecule has 1 aliphatic rings. The number of amides is 2. The summed E-state index contributed by atoms with van der Waals surface area (Å²) in [6, 6.07) is 14.8. The molecule has 0 fully saturated rings. The number of carbonyl (C=O) groups is 3. The third kappa shape index (κ3) is 6.62. The summed E-state index contributed by atoms with van der Waals surface area (Å²) in [5.74, 6) is -1.54. The fourth-order valence-electron chi connectivity index (χ4n) is 4.57. The monoisotopic (exact) mass is 480 g/mol. The van der Waals surface area contributed by atoms with E-state index >= 15 is 0 Å². The van der Waals surface area contributed by atoms with Crippen LogP contribution in [0.2, 0.25) is 0 Å². The van der Waals surface area contributed by atoms with Gasteiger partial charge < -0.3 is 20.5 Å². The Morgan fingerprint density at radius 2 is 1.54 bits per heavy atom. The molecule has 1 aliphatic carbocycles. The van der Waals surface area contributed by atoms with Crippen molar-refractivity contribution in [2.45, 2.75) is 71.4 Å². The fourth-order valence-corrected chi connectivity index (χ4v) is 4.57. The smallest absolute Gasteiger partial charge is 0.407 e. The summed E-state index contributed by atoms with van der Waals surface area (Å²) in [5, 5.41) is 14.9. The summed E-state index contributed by atoms with van der Waals surface area (Å²) < 4.78 is 5.63. The third-order valence-electron chi connectivity index (χ3n) is 6.42. The fraction of sp³-hybridized carbons (Fsp3) is 0.464. The molecular formula is C28H36N2O5. The number of benzene rings is 2. The quantitative estimate of drug-likeness (QED) is 0.439. The van der Waals surface area contributed by atoms with Gasteiger partial charge in [-0.25, -0.2) is 9.59 Å². The molecule has 3 N–H and O–H groups in total. The number of carbonyl (C=O) groups excluding carboxylic acids is 2. The van der Waals surface area contributed by atoms with Crippen molar-refractivity contribution < 1.29 is 24.2 Å². The molecule has 2 atom stereocenters. The molecule has 1 unspecified atom stereocenters. The van der Waals surface area contributed by atoms with Crippen molar-refractivity contribution in [3.05, 3.63) is 59.7 Å². The van der Waals surface area contributed by atoms with Gasteiger partial charge in [0, 0.05) is 18.4 Å². The van der Waals surface area contributed by atoms with Gasteiger partial charge in [0.2, 0.25) is 5.91 Å². The average molecular weight is 481 g/mol. The first-order valence-electron chi connectivity index (χ1n) is 12.3. The average Bonchev–Trinajstić information content (AvgIpc) is 3.12. The summed E-state index contributed by atoms with van der Waals surface area (Å²) in [6.07, 6.45) is 1.74. The first-order valence-corrected chi connectivity index (χ1v) is 12.3. The molecular weight excluding hydrogens is 444 g/mol. The molecule has 3 rings (SSSR count). The zero-order valence-corrected chi connectivity index (χ0v) is 21.0. The number of hydrogen-bond acceptors (Lipinski definition) is 4. The summed E-state index contributed by atoms with van der Waals surface area (Å²) in [4.78, 5) is 36.9. The lowest BCUT2D eigenvalue weighted by Crippen LogP contribution is -2.50. The Bertz CT molecular complexity index is 1010. The number of unbranched alkanes of at least 4 members (excludes halogenated alkanes) is 1. The minimum Gasteiger partial charge on any atom is -0.480 e. The Balaban J connectivity index is 1.62. The molecule has 2 amide bonds. The van der Waals surface area contributed by atoms with Gasteiger partial charge in [-0.05, 0) is 34.1 Å². The normalized spacial score (nSPS) is 14.4. The summed E-state index contributed by atoms with van der Waals surface area (Å²) in [5.41, 5.74) is 3.93. The Morgan fingerprint density at radius 3 is 2.06 bits per heavy atom. The van der Waals surface area contributed by atoms with Crippen molar-refractivity contribution in [3.63, 3.8) is 0 Å². The second-order valence-corrected chi connectivity index (χ2v) is 10.2. The van der Waals surface area contributed by atoms with Crippen molar-refractivity contribution in [1.82, 2.24) is 10.6 Å². The van der Waals surface area contributed by atoms with Gasteiger partial charge in [-0.15, -0.1) is 0 Å². The van der Waals surface area contributed by atoms with Crippen molar-refractivity contribution in [2.75, 3.05) is 6.61 Å². The van der Waals surface area contributed by atoms with Crippen LogP contribution in [-0.2, 0) is 14.3 Å². The molecule has 0 saturated carbocycles. The highest BCUT2D eigenvalue weighted by Crippen LogP contribution is 2.44. The van der Waals surface area contributed by atoms with Crippen LogP contribution in [0.3, 0.4) is 0 Å². The Kier molecular flexibility index (Phi) is 8.54. The zero-order chi connectivity index (χ0) is 25.6. The molecule has 0 bridgehead atoms. The van der Waals surface area contributed by atoms with Crippen molar-refractivity contribution >= 4 is 18.0 Å². The number of alkyl carbamates (subject to hydrolysis) is 1. The molecule has 2 aromatic rings. The molecule has 188 valence electrons. The van der Waals surface area contributed by atoms with E-state index in [1.54, 1.807) is 20.8 Å². The van der Waals surface area contributed by atoms with Gasteiger partial charge >= 0.3 is 12.1 Å². The zero-order valence-electron chi connectivity index (χ0n) is 21.0. The minimum atomic E-state index is -1.08. The number of aliphatic carboxylic acids is 1. The number of hydrogen-bond donors (Lipinski definition) is 3. The van der Waals surface area contributed by atoms with Crippen LogP contribution in [0.4, 0.5) is 4.79 Å². The molecule has 0 heterocycles. The molecule has 0 aromatic heterocycles. The second kappa shape index (κ2) is 11.4. The van der Waals surface area contributed by atoms with Crippen molar-refractivity contribution in [2.24, 2.45) is 5.41 Å². The second-order valence-electron chi connectivity index (χ2n) is 10.2. The maximum Gasteiger partial charge on any atom is 0.407 e. The molecule has 2 aromatic carbocycles. The number of nitrogens with one attached hydrogen (secondary N) is 2. The van der Waals surface area contributed by atoms with Crippen LogP contribution >= 0.6 is 0 Å². The Hall–Kier alpha value is -3.35. The lowest BCUT2D eigenvalue weighted by atomic mass is 9.86. The van der Waals surface area contributed by atoms with Crippen LogP contribution in [0, 0.1) is 5.41 Å². The predicted octanol–water partition coefficient (Wildman–Crippen LogP) is 5.09. The van der Waals surface area contributed by atoms with Crippen LogP contribution < -0.4 is 10.6 Å². The summed E-state index contributed by atoms with van der Waals surface area (Å²) >= 11 is 0. The molecule has 0 spiro atoms. The van der Waals surface area contributed by atoms with Gasteiger partial charge in [0.15, 0.2) is 0 Å². The summed E-state index contributed by atoms with van der Waals surface area (Å²) in [7, 11) is 0. The SMILES string of the molecule is CCCCC(CC(=O)N[C@H](C(=O)O)C(C)(C)C)NC(=O)OCC1c2ccccc2-c2ccccc21. The van der Waals surface area contributed by atoms with Crippen LogP contribution in [0.1, 0.15) is 70.4 Å². The van der Waals surface area contributed by atoms with E-state index in [9.17, 15) is 19.5 Å². The Labute approximate surface area is 207 Å². The van der Waals surface area contributed by atoms with Gasteiger partial charge in [-0.1, -0.05) is 89.1 Å². The molecule has 0 radical (unpaired) electrons.